The second-order valence-electron chi connectivity index (χ2n) is 10.2. The highest BCUT2D eigenvalue weighted by atomic mass is 32.2. The van der Waals surface area contributed by atoms with E-state index in [9.17, 15) is 13.2 Å². The monoisotopic (exact) mass is 390 g/mol. The first-order valence-corrected chi connectivity index (χ1v) is 11.7. The third kappa shape index (κ3) is 3.66. The van der Waals surface area contributed by atoms with Crippen LogP contribution in [0.2, 0.25) is 0 Å². The normalized spacial score (nSPS) is 31.0. The number of fused-ring (bicyclic) bond motifs is 2. The van der Waals surface area contributed by atoms with Crippen molar-refractivity contribution >= 4 is 15.9 Å². The number of nitrogens with one attached hydrogen (secondary N) is 1. The molecule has 0 spiro atoms. The molecule has 148 valence electrons. The molecule has 1 aromatic carbocycles. The lowest BCUT2D eigenvalue weighted by atomic mass is 9.65. The number of amides is 1. The van der Waals surface area contributed by atoms with Gasteiger partial charge in [-0.3, -0.25) is 4.79 Å². The first-order chi connectivity index (χ1) is 12.4. The van der Waals surface area contributed by atoms with Crippen LogP contribution < -0.4 is 4.72 Å². The quantitative estimate of drug-likeness (QED) is 0.858. The molecule has 0 radical (unpaired) electrons. The molecule has 6 heteroatoms. The molecular weight excluding hydrogens is 360 g/mol. The van der Waals surface area contributed by atoms with E-state index in [0.29, 0.717) is 11.6 Å². The van der Waals surface area contributed by atoms with Gasteiger partial charge in [0, 0.05) is 18.2 Å². The van der Waals surface area contributed by atoms with Crippen molar-refractivity contribution in [3.05, 3.63) is 35.4 Å². The molecule has 1 aliphatic heterocycles. The number of nitrogens with zero attached hydrogens (tertiary/aromatic N) is 1. The number of hydrogen-bond acceptors (Lipinski definition) is 3. The van der Waals surface area contributed by atoms with Gasteiger partial charge in [0.1, 0.15) is 0 Å². The average Bonchev–Trinajstić information content (AvgIpc) is 3.23. The highest BCUT2D eigenvalue weighted by Gasteiger charge is 2.51. The Kier molecular flexibility index (Phi) is 4.07. The van der Waals surface area contributed by atoms with Crippen LogP contribution in [0.3, 0.4) is 0 Å². The summed E-state index contributed by atoms with van der Waals surface area (Å²) < 4.78 is 26.0. The Bertz CT molecular complexity index is 871. The van der Waals surface area contributed by atoms with E-state index >= 15 is 0 Å². The number of benzene rings is 1. The number of carbonyl (C=O) groups excluding carboxylic acids is 1. The average molecular weight is 391 g/mol. The highest BCUT2D eigenvalue weighted by molar-refractivity contribution is 7.88. The van der Waals surface area contributed by atoms with Crippen LogP contribution in [0, 0.1) is 10.8 Å². The summed E-state index contributed by atoms with van der Waals surface area (Å²) in [5.41, 5.74) is 1.67. The van der Waals surface area contributed by atoms with Gasteiger partial charge >= 0.3 is 0 Å². The molecule has 1 amide bonds. The summed E-state index contributed by atoms with van der Waals surface area (Å²) in [7, 11) is -3.26. The molecule has 1 heterocycles. The fourth-order valence-corrected chi connectivity index (χ4v) is 6.76. The lowest BCUT2D eigenvalue weighted by molar-refractivity contribution is 0.0708. The zero-order chi connectivity index (χ0) is 19.7. The molecule has 3 fully saturated rings. The summed E-state index contributed by atoms with van der Waals surface area (Å²) in [6.45, 7) is 7.76. The predicted molar refractivity (Wildman–Crippen MR) is 106 cm³/mol. The first-order valence-electron chi connectivity index (χ1n) is 9.81. The topological polar surface area (TPSA) is 66.5 Å². The van der Waals surface area contributed by atoms with Crippen molar-refractivity contribution in [3.8, 4) is 0 Å². The molecule has 2 bridgehead atoms. The summed E-state index contributed by atoms with van der Waals surface area (Å²) in [6.07, 6.45) is 6.12. The second-order valence-corrected chi connectivity index (χ2v) is 11.9. The molecule has 2 atom stereocenters. The largest absolute Gasteiger partial charge is 0.335 e. The molecule has 0 aromatic heterocycles. The molecule has 27 heavy (non-hydrogen) atoms. The van der Waals surface area contributed by atoms with Gasteiger partial charge in [-0.1, -0.05) is 32.9 Å². The van der Waals surface area contributed by atoms with Gasteiger partial charge in [-0.25, -0.2) is 13.1 Å². The van der Waals surface area contributed by atoms with Crippen molar-refractivity contribution in [3.63, 3.8) is 0 Å². The summed E-state index contributed by atoms with van der Waals surface area (Å²) in [6, 6.07) is 7.86. The minimum Gasteiger partial charge on any atom is -0.335 e. The van der Waals surface area contributed by atoms with Crippen LogP contribution in [-0.4, -0.2) is 38.1 Å². The van der Waals surface area contributed by atoms with E-state index in [1.165, 1.54) is 12.7 Å². The summed E-state index contributed by atoms with van der Waals surface area (Å²) in [5.74, 6) is 0.105. The minimum absolute atomic E-state index is 0.105. The van der Waals surface area contributed by atoms with E-state index in [1.807, 2.05) is 24.3 Å². The minimum atomic E-state index is -3.26. The van der Waals surface area contributed by atoms with Gasteiger partial charge < -0.3 is 4.90 Å². The first kappa shape index (κ1) is 18.9. The Morgan fingerprint density at radius 1 is 1.11 bits per heavy atom. The maximum Gasteiger partial charge on any atom is 0.254 e. The number of sulfonamides is 1. The zero-order valence-electron chi connectivity index (χ0n) is 16.7. The van der Waals surface area contributed by atoms with Crippen molar-refractivity contribution in [2.24, 2.45) is 10.8 Å². The summed E-state index contributed by atoms with van der Waals surface area (Å²) in [5, 5.41) is 0. The van der Waals surface area contributed by atoms with E-state index in [0.717, 1.165) is 37.8 Å². The Hall–Kier alpha value is -1.40. The van der Waals surface area contributed by atoms with E-state index in [1.54, 1.807) is 0 Å². The van der Waals surface area contributed by atoms with Crippen LogP contribution in [0.25, 0.3) is 0 Å². The van der Waals surface area contributed by atoms with Crippen molar-refractivity contribution in [1.82, 2.24) is 9.62 Å². The predicted octanol–water partition coefficient (Wildman–Crippen LogP) is 3.27. The molecule has 2 unspecified atom stereocenters. The van der Waals surface area contributed by atoms with E-state index in [-0.39, 0.29) is 16.7 Å². The molecule has 4 rings (SSSR count). The maximum atomic E-state index is 13.2. The number of hydrogen-bond donors (Lipinski definition) is 1. The third-order valence-corrected chi connectivity index (χ3v) is 7.25. The molecule has 1 saturated heterocycles. The van der Waals surface area contributed by atoms with Crippen molar-refractivity contribution in [2.75, 3.05) is 12.8 Å². The molecule has 5 nitrogen and oxygen atoms in total. The smallest absolute Gasteiger partial charge is 0.254 e. The molecule has 1 aromatic rings. The van der Waals surface area contributed by atoms with Gasteiger partial charge in [-0.05, 0) is 60.6 Å². The van der Waals surface area contributed by atoms with E-state index < -0.39 is 15.6 Å². The Morgan fingerprint density at radius 3 is 2.30 bits per heavy atom. The fourth-order valence-electron chi connectivity index (χ4n) is 5.72. The Balaban J connectivity index is 1.53. The van der Waals surface area contributed by atoms with Crippen molar-refractivity contribution < 1.29 is 13.2 Å². The van der Waals surface area contributed by atoms with Crippen molar-refractivity contribution in [1.29, 1.82) is 0 Å². The standard InChI is InChI=1S/C21H30N2O3S/c1-19(2)11-17-12-20(3,13-19)14-23(17)18(24)15-5-7-16(8-6-15)21(9-10-21)22-27(4,25)26/h5-8,17,22H,9-14H2,1-4H3. The maximum absolute atomic E-state index is 13.2. The highest BCUT2D eigenvalue weighted by Crippen LogP contribution is 2.52. The molecule has 3 aliphatic rings. The van der Waals surface area contributed by atoms with E-state index in [4.69, 9.17) is 0 Å². The van der Waals surface area contributed by atoms with Crippen LogP contribution in [-0.2, 0) is 15.6 Å². The SMILES string of the molecule is CC1(C)CC2CC(C)(CN2C(=O)c2ccc(C3(NS(C)(=O)=O)CC3)cc2)C1. The van der Waals surface area contributed by atoms with Gasteiger partial charge in [0.05, 0.1) is 11.8 Å². The van der Waals surface area contributed by atoms with Gasteiger partial charge in [-0.15, -0.1) is 0 Å². The molecule has 1 N–H and O–H groups in total. The third-order valence-electron chi connectivity index (χ3n) is 6.49. The molecule has 2 saturated carbocycles. The van der Waals surface area contributed by atoms with Crippen LogP contribution in [0.1, 0.15) is 68.8 Å². The molecular formula is C21H30N2O3S. The van der Waals surface area contributed by atoms with Crippen LogP contribution >= 0.6 is 0 Å². The number of carbonyl (C=O) groups is 1. The van der Waals surface area contributed by atoms with Crippen molar-refractivity contribution in [2.45, 2.75) is 64.5 Å². The van der Waals surface area contributed by atoms with E-state index in [2.05, 4.69) is 30.4 Å². The lowest BCUT2D eigenvalue weighted by Crippen LogP contribution is -2.37. The van der Waals surface area contributed by atoms with Gasteiger partial charge in [0.15, 0.2) is 0 Å². The van der Waals surface area contributed by atoms with Gasteiger partial charge in [0.2, 0.25) is 10.0 Å². The van der Waals surface area contributed by atoms with Gasteiger partial charge in [0.25, 0.3) is 5.91 Å². The fraction of sp³-hybridized carbons (Fsp3) is 0.667. The number of rotatable bonds is 4. The van der Waals surface area contributed by atoms with Crippen LogP contribution in [0.15, 0.2) is 24.3 Å². The van der Waals surface area contributed by atoms with Gasteiger partial charge in [-0.2, -0.15) is 0 Å². The Labute approximate surface area is 162 Å². The summed E-state index contributed by atoms with van der Waals surface area (Å²) in [4.78, 5) is 15.2. The summed E-state index contributed by atoms with van der Waals surface area (Å²) >= 11 is 0. The van der Waals surface area contributed by atoms with Crippen LogP contribution in [0.5, 0.6) is 0 Å². The second kappa shape index (κ2) is 5.80. The molecule has 2 aliphatic carbocycles. The Morgan fingerprint density at radius 2 is 1.74 bits per heavy atom. The zero-order valence-corrected chi connectivity index (χ0v) is 17.5. The van der Waals surface area contributed by atoms with Crippen LogP contribution in [0.4, 0.5) is 0 Å². The lowest BCUT2D eigenvalue weighted by Gasteiger charge is -2.39. The number of likely N-dealkylation sites (tertiary alicyclic amines) is 1.